The van der Waals surface area contributed by atoms with Crippen molar-refractivity contribution in [2.45, 2.75) is 32.8 Å². The molecule has 0 saturated carbocycles. The average molecular weight is 471 g/mol. The molecule has 1 fully saturated rings. The predicted molar refractivity (Wildman–Crippen MR) is 126 cm³/mol. The smallest absolute Gasteiger partial charge is 0.232 e. The number of carbonyl (C=O) groups is 1. The van der Waals surface area contributed by atoms with Gasteiger partial charge in [0.25, 0.3) is 0 Å². The minimum atomic E-state index is -0.463. The van der Waals surface area contributed by atoms with Gasteiger partial charge in [-0.2, -0.15) is 4.98 Å². The highest BCUT2D eigenvalue weighted by molar-refractivity contribution is 6.30. The minimum Gasteiger partial charge on any atom is -0.490 e. The van der Waals surface area contributed by atoms with Gasteiger partial charge in [0.05, 0.1) is 5.02 Å². The summed E-state index contributed by atoms with van der Waals surface area (Å²) in [5.41, 5.74) is 2.41. The van der Waals surface area contributed by atoms with Crippen LogP contribution in [0, 0.1) is 12.7 Å². The van der Waals surface area contributed by atoms with Crippen molar-refractivity contribution in [2.75, 3.05) is 28.6 Å². The van der Waals surface area contributed by atoms with Gasteiger partial charge in [-0.3, -0.25) is 4.79 Å². The number of halogens is 2. The van der Waals surface area contributed by atoms with Crippen LogP contribution in [0.3, 0.4) is 0 Å². The van der Waals surface area contributed by atoms with Crippen molar-refractivity contribution < 1.29 is 13.9 Å². The van der Waals surface area contributed by atoms with Crippen molar-refractivity contribution in [3.63, 3.8) is 0 Å². The molecule has 1 aromatic heterocycles. The lowest BCUT2D eigenvalue weighted by molar-refractivity contribution is -0.114. The molecule has 1 amide bonds. The summed E-state index contributed by atoms with van der Waals surface area (Å²) in [6.45, 7) is 4.80. The van der Waals surface area contributed by atoms with Crippen LogP contribution in [0.4, 0.5) is 27.7 Å². The van der Waals surface area contributed by atoms with E-state index in [4.69, 9.17) is 16.3 Å². The molecule has 172 valence electrons. The predicted octanol–water partition coefficient (Wildman–Crippen LogP) is 4.72. The Balaban J connectivity index is 1.39. The molecule has 1 aliphatic heterocycles. The molecule has 0 spiro atoms. The van der Waals surface area contributed by atoms with E-state index in [1.165, 1.54) is 25.4 Å². The molecule has 2 N–H and O–H groups in total. The fraction of sp³-hybridized carbons (Fsp3) is 0.304. The van der Waals surface area contributed by atoms with Crippen LogP contribution in [0.15, 0.2) is 42.7 Å². The number of nitrogens with one attached hydrogen (secondary N) is 2. The van der Waals surface area contributed by atoms with Gasteiger partial charge < -0.3 is 20.3 Å². The largest absolute Gasteiger partial charge is 0.490 e. The molecule has 8 nitrogen and oxygen atoms in total. The summed E-state index contributed by atoms with van der Waals surface area (Å²) in [7, 11) is 0. The first-order valence-electron chi connectivity index (χ1n) is 10.6. The molecule has 4 rings (SSSR count). The first-order chi connectivity index (χ1) is 15.9. The molecule has 0 unspecified atom stereocenters. The number of amides is 1. The van der Waals surface area contributed by atoms with Crippen molar-refractivity contribution in [2.24, 2.45) is 0 Å². The van der Waals surface area contributed by atoms with Crippen LogP contribution in [-0.4, -0.2) is 40.1 Å². The number of nitrogens with zero attached hydrogens (tertiary/aromatic N) is 4. The van der Waals surface area contributed by atoms with Crippen molar-refractivity contribution in [3.8, 4) is 5.75 Å². The van der Waals surface area contributed by atoms with Gasteiger partial charge in [0, 0.05) is 50.3 Å². The molecule has 1 saturated heterocycles. The average Bonchev–Trinajstić information content (AvgIpc) is 2.79. The molecule has 2 heterocycles. The summed E-state index contributed by atoms with van der Waals surface area (Å²) in [5.74, 6) is 0.958. The van der Waals surface area contributed by atoms with Crippen LogP contribution in [0.2, 0.25) is 5.02 Å². The third-order valence-corrected chi connectivity index (χ3v) is 5.66. The van der Waals surface area contributed by atoms with Gasteiger partial charge >= 0.3 is 0 Å². The molecule has 0 aliphatic carbocycles. The molecular formula is C23H24ClFN6O2. The number of ether oxygens (including phenoxy) is 1. The Kier molecular flexibility index (Phi) is 6.88. The second kappa shape index (κ2) is 9.99. The summed E-state index contributed by atoms with van der Waals surface area (Å²) in [4.78, 5) is 26.6. The first kappa shape index (κ1) is 22.7. The number of anilines is 4. The number of piperidine rings is 1. The lowest BCUT2D eigenvalue weighted by atomic mass is 10.1. The number of hydrogen-bond donors (Lipinski definition) is 2. The SMILES string of the molecule is CC(=O)Nc1cccc(Nc2ncnc(N3CCC(Oc4ccc(F)c(Cl)c4)CC3)n2)c1C. The number of benzene rings is 2. The second-order valence-corrected chi connectivity index (χ2v) is 8.18. The lowest BCUT2D eigenvalue weighted by Crippen LogP contribution is -2.39. The Bertz CT molecular complexity index is 1150. The van der Waals surface area contributed by atoms with Crippen molar-refractivity contribution >= 4 is 40.8 Å². The van der Waals surface area contributed by atoms with E-state index in [9.17, 15) is 9.18 Å². The van der Waals surface area contributed by atoms with Crippen LogP contribution in [0.25, 0.3) is 0 Å². The maximum absolute atomic E-state index is 13.3. The van der Waals surface area contributed by atoms with Gasteiger partial charge in [0.2, 0.25) is 17.8 Å². The maximum atomic E-state index is 13.3. The van der Waals surface area contributed by atoms with E-state index >= 15 is 0 Å². The Morgan fingerprint density at radius 1 is 1.18 bits per heavy atom. The van der Waals surface area contributed by atoms with E-state index < -0.39 is 5.82 Å². The first-order valence-corrected chi connectivity index (χ1v) is 11.0. The van der Waals surface area contributed by atoms with Crippen LogP contribution >= 0.6 is 11.6 Å². The zero-order chi connectivity index (χ0) is 23.4. The number of carbonyl (C=O) groups excluding carboxylic acids is 1. The topological polar surface area (TPSA) is 92.3 Å². The Morgan fingerprint density at radius 2 is 1.94 bits per heavy atom. The highest BCUT2D eigenvalue weighted by Gasteiger charge is 2.23. The van der Waals surface area contributed by atoms with Crippen molar-refractivity contribution in [3.05, 3.63) is 59.1 Å². The number of aromatic nitrogens is 3. The maximum Gasteiger partial charge on any atom is 0.232 e. The zero-order valence-corrected chi connectivity index (χ0v) is 19.1. The van der Waals surface area contributed by atoms with E-state index in [2.05, 4.69) is 30.5 Å². The number of hydrogen-bond acceptors (Lipinski definition) is 7. The molecule has 3 aromatic rings. The van der Waals surface area contributed by atoms with Crippen molar-refractivity contribution in [1.29, 1.82) is 0 Å². The molecule has 0 atom stereocenters. The van der Waals surface area contributed by atoms with Crippen LogP contribution in [0.5, 0.6) is 5.75 Å². The van der Waals surface area contributed by atoms with Gasteiger partial charge in [0.1, 0.15) is 24.0 Å². The highest BCUT2D eigenvalue weighted by Crippen LogP contribution is 2.27. The molecule has 33 heavy (non-hydrogen) atoms. The van der Waals surface area contributed by atoms with Gasteiger partial charge in [-0.1, -0.05) is 17.7 Å². The minimum absolute atomic E-state index is 0.00127. The van der Waals surface area contributed by atoms with Gasteiger partial charge in [-0.25, -0.2) is 14.4 Å². The van der Waals surface area contributed by atoms with Crippen LogP contribution in [-0.2, 0) is 4.79 Å². The van der Waals surface area contributed by atoms with E-state index in [-0.39, 0.29) is 17.0 Å². The fourth-order valence-corrected chi connectivity index (χ4v) is 3.80. The number of rotatable bonds is 6. The third-order valence-electron chi connectivity index (χ3n) is 5.37. The molecule has 2 aromatic carbocycles. The summed E-state index contributed by atoms with van der Waals surface area (Å²) < 4.78 is 19.3. The van der Waals surface area contributed by atoms with Crippen LogP contribution in [0.1, 0.15) is 25.3 Å². The van der Waals surface area contributed by atoms with E-state index in [0.717, 1.165) is 29.8 Å². The summed E-state index contributed by atoms with van der Waals surface area (Å²) >= 11 is 5.84. The summed E-state index contributed by atoms with van der Waals surface area (Å²) in [6, 6.07) is 9.97. The van der Waals surface area contributed by atoms with Crippen LogP contribution < -0.4 is 20.3 Å². The summed E-state index contributed by atoms with van der Waals surface area (Å²) in [5, 5.41) is 6.07. The second-order valence-electron chi connectivity index (χ2n) is 7.77. The fourth-order valence-electron chi connectivity index (χ4n) is 3.63. The standard InChI is InChI=1S/C23H24ClFN6O2/c1-14-20(28-15(2)32)4-3-5-21(14)29-22-26-13-27-23(30-22)31-10-8-16(9-11-31)33-17-6-7-19(25)18(24)12-17/h3-7,12-13,16H,8-11H2,1-2H3,(H,28,32)(H,26,27,29,30). The molecular weight excluding hydrogens is 447 g/mol. The molecule has 0 radical (unpaired) electrons. The Hall–Kier alpha value is -3.46. The zero-order valence-electron chi connectivity index (χ0n) is 18.3. The van der Waals surface area contributed by atoms with E-state index in [0.29, 0.717) is 30.7 Å². The third kappa shape index (κ3) is 5.67. The molecule has 1 aliphatic rings. The highest BCUT2D eigenvalue weighted by atomic mass is 35.5. The van der Waals surface area contributed by atoms with Gasteiger partial charge in [-0.05, 0) is 36.8 Å². The Morgan fingerprint density at radius 3 is 2.67 bits per heavy atom. The van der Waals surface area contributed by atoms with Gasteiger partial charge in [-0.15, -0.1) is 0 Å². The monoisotopic (exact) mass is 470 g/mol. The molecule has 10 heteroatoms. The van der Waals surface area contributed by atoms with Gasteiger partial charge in [0.15, 0.2) is 0 Å². The summed E-state index contributed by atoms with van der Waals surface area (Å²) in [6.07, 6.45) is 3.00. The lowest BCUT2D eigenvalue weighted by Gasteiger charge is -2.32. The Labute approximate surface area is 196 Å². The quantitative estimate of drug-likeness (QED) is 0.538. The van der Waals surface area contributed by atoms with Crippen molar-refractivity contribution in [1.82, 2.24) is 15.0 Å². The van der Waals surface area contributed by atoms with E-state index in [1.807, 2.05) is 25.1 Å². The molecule has 0 bridgehead atoms. The van der Waals surface area contributed by atoms with E-state index in [1.54, 1.807) is 6.07 Å². The normalized spacial score (nSPS) is 14.1.